The van der Waals surface area contributed by atoms with Crippen LogP contribution >= 0.6 is 0 Å². The summed E-state index contributed by atoms with van der Waals surface area (Å²) in [6.07, 6.45) is 6.90. The van der Waals surface area contributed by atoms with Gasteiger partial charge in [0, 0.05) is 41.5 Å². The molecule has 0 amide bonds. The minimum Gasteiger partial charge on any atom is -0.253 e. The molecule has 0 aliphatic heterocycles. The van der Waals surface area contributed by atoms with Gasteiger partial charge in [0.05, 0.1) is 22.1 Å². The van der Waals surface area contributed by atoms with Crippen molar-refractivity contribution in [3.63, 3.8) is 0 Å². The van der Waals surface area contributed by atoms with Crippen LogP contribution in [0.3, 0.4) is 0 Å². The number of aromatic nitrogens is 7. The Hall–Kier alpha value is -9.33. The molecule has 0 saturated heterocycles. The van der Waals surface area contributed by atoms with Crippen LogP contribution in [-0.4, -0.2) is 34.9 Å². The predicted octanol–water partition coefficient (Wildman–Crippen LogP) is 15.0. The maximum atomic E-state index is 5.34. The number of benzene rings is 11. The van der Waals surface area contributed by atoms with Crippen LogP contribution in [0, 0.1) is 0 Å². The molecule has 0 spiro atoms. The van der Waals surface area contributed by atoms with Crippen molar-refractivity contribution in [1.82, 2.24) is 34.9 Å². The van der Waals surface area contributed by atoms with Gasteiger partial charge in [-0.05, 0) is 178 Å². The fraction of sp³-hybridized carbons (Fsp3) is 0. The number of hydrogen-bond donors (Lipinski definition) is 0. The van der Waals surface area contributed by atoms with Gasteiger partial charge in [-0.1, -0.05) is 97.1 Å². The van der Waals surface area contributed by atoms with E-state index in [2.05, 4.69) is 208 Å². The zero-order valence-electron chi connectivity index (χ0n) is 36.3. The zero-order valence-corrected chi connectivity index (χ0v) is 36.3. The monoisotopic (exact) mass is 865 g/mol. The van der Waals surface area contributed by atoms with Crippen LogP contribution in [0.1, 0.15) is 0 Å². The minimum atomic E-state index is 0.567. The molecule has 68 heavy (non-hydrogen) atoms. The average Bonchev–Trinajstić information content (AvgIpc) is 3.39. The SMILES string of the molecule is c1ccc2cc3cc(-c4cc(-c5ccc6cc7ccccc7cc6c5)cc(-c5nc(-c6ccc7cc8nccnc8cc7c6)nc(-c6ccc7cc8nccnc8cc7c6)n5)c4)ccc3cc2c1. The van der Waals surface area contributed by atoms with Crippen LogP contribution in [0.25, 0.3) is 143 Å². The molecule has 3 aromatic heterocycles. The summed E-state index contributed by atoms with van der Waals surface area (Å²) in [5, 5.41) is 13.8. The molecular weight excluding hydrogens is 831 g/mol. The molecule has 0 radical (unpaired) electrons. The van der Waals surface area contributed by atoms with E-state index in [4.69, 9.17) is 15.0 Å². The summed E-state index contributed by atoms with van der Waals surface area (Å²) in [6, 6.07) is 67.4. The van der Waals surface area contributed by atoms with Gasteiger partial charge in [-0.2, -0.15) is 0 Å². The van der Waals surface area contributed by atoms with Crippen LogP contribution < -0.4 is 0 Å². The van der Waals surface area contributed by atoms with Gasteiger partial charge < -0.3 is 0 Å². The Bertz CT molecular complexity index is 3850. The molecule has 0 aliphatic rings. The van der Waals surface area contributed by atoms with E-state index in [0.717, 1.165) is 82.6 Å². The van der Waals surface area contributed by atoms with Crippen molar-refractivity contribution in [2.24, 2.45) is 0 Å². The minimum absolute atomic E-state index is 0.567. The number of nitrogens with zero attached hydrogens (tertiary/aromatic N) is 7. The van der Waals surface area contributed by atoms with Crippen molar-refractivity contribution in [2.75, 3.05) is 0 Å². The Balaban J connectivity index is 0.989. The van der Waals surface area contributed by atoms with E-state index in [0.29, 0.717) is 17.5 Å². The number of hydrogen-bond acceptors (Lipinski definition) is 7. The highest BCUT2D eigenvalue weighted by atomic mass is 15.0. The molecule has 0 N–H and O–H groups in total. The first-order valence-electron chi connectivity index (χ1n) is 22.6. The second kappa shape index (κ2) is 15.1. The van der Waals surface area contributed by atoms with Gasteiger partial charge >= 0.3 is 0 Å². The summed E-state index contributed by atoms with van der Waals surface area (Å²) in [5.74, 6) is 1.70. The van der Waals surface area contributed by atoms with E-state index < -0.39 is 0 Å². The van der Waals surface area contributed by atoms with Gasteiger partial charge in [-0.3, -0.25) is 19.9 Å². The molecule has 0 bridgehead atoms. The second-order valence-corrected chi connectivity index (χ2v) is 17.5. The fourth-order valence-electron chi connectivity index (χ4n) is 9.79. The first-order chi connectivity index (χ1) is 33.6. The number of rotatable bonds is 5. The van der Waals surface area contributed by atoms with Crippen LogP contribution in [0.15, 0.2) is 213 Å². The normalized spacial score (nSPS) is 11.8. The summed E-state index contributed by atoms with van der Waals surface area (Å²) in [4.78, 5) is 34.2. The first-order valence-corrected chi connectivity index (χ1v) is 22.6. The molecule has 0 unspecified atom stereocenters. The lowest BCUT2D eigenvalue weighted by Crippen LogP contribution is -2.01. The molecule has 3 heterocycles. The molecule has 7 heteroatoms. The van der Waals surface area contributed by atoms with Crippen LogP contribution in [-0.2, 0) is 0 Å². The van der Waals surface area contributed by atoms with Crippen LogP contribution in [0.4, 0.5) is 0 Å². The third kappa shape index (κ3) is 6.64. The highest BCUT2D eigenvalue weighted by molar-refractivity contribution is 6.03. The maximum absolute atomic E-state index is 5.34. The van der Waals surface area contributed by atoms with Crippen molar-refractivity contribution in [3.05, 3.63) is 213 Å². The van der Waals surface area contributed by atoms with E-state index in [-0.39, 0.29) is 0 Å². The Morgan fingerprint density at radius 1 is 0.191 bits per heavy atom. The molecular formula is C61H35N7. The van der Waals surface area contributed by atoms with Crippen molar-refractivity contribution in [1.29, 1.82) is 0 Å². The van der Waals surface area contributed by atoms with Gasteiger partial charge in [0.15, 0.2) is 17.5 Å². The van der Waals surface area contributed by atoms with E-state index in [1.165, 1.54) is 43.1 Å². The van der Waals surface area contributed by atoms with E-state index >= 15 is 0 Å². The standard InChI is InChI=1S/C61H35N7/c1-3-7-38-23-48-25-42(11-9-40(48)21-36(38)5-1)50-29-51(43-12-10-41-22-37-6-2-4-8-39(37)24-49(41)26-43)31-54(30-50)61-67-59(46-15-13-44-32-55-57(34-52(44)27-46)64-19-17-62-55)66-60(68-61)47-16-14-45-33-56-58(35-53(45)28-47)65-20-18-63-56/h1-35H. The first kappa shape index (κ1) is 38.0. The topological polar surface area (TPSA) is 90.2 Å². The smallest absolute Gasteiger partial charge is 0.164 e. The lowest BCUT2D eigenvalue weighted by molar-refractivity contribution is 1.08. The summed E-state index contributed by atoms with van der Waals surface area (Å²) >= 11 is 0. The summed E-state index contributed by atoms with van der Waals surface area (Å²) in [7, 11) is 0. The lowest BCUT2D eigenvalue weighted by Gasteiger charge is -2.14. The van der Waals surface area contributed by atoms with Crippen molar-refractivity contribution < 1.29 is 0 Å². The van der Waals surface area contributed by atoms with E-state index in [1.54, 1.807) is 24.8 Å². The highest BCUT2D eigenvalue weighted by Gasteiger charge is 2.17. The van der Waals surface area contributed by atoms with E-state index in [9.17, 15) is 0 Å². The molecule has 0 saturated carbocycles. The maximum Gasteiger partial charge on any atom is 0.164 e. The lowest BCUT2D eigenvalue weighted by atomic mass is 9.92. The summed E-state index contributed by atoms with van der Waals surface area (Å²) in [5.41, 5.74) is 10.3. The molecule has 14 rings (SSSR count). The molecule has 11 aromatic carbocycles. The van der Waals surface area contributed by atoms with Crippen molar-refractivity contribution in [3.8, 4) is 56.4 Å². The second-order valence-electron chi connectivity index (χ2n) is 17.5. The average molecular weight is 866 g/mol. The molecule has 0 atom stereocenters. The van der Waals surface area contributed by atoms with Gasteiger partial charge in [-0.25, -0.2) is 15.0 Å². The molecule has 0 fully saturated rings. The zero-order chi connectivity index (χ0) is 44.7. The largest absolute Gasteiger partial charge is 0.253 e. The van der Waals surface area contributed by atoms with Gasteiger partial charge in [0.25, 0.3) is 0 Å². The summed E-state index contributed by atoms with van der Waals surface area (Å²) in [6.45, 7) is 0. The highest BCUT2D eigenvalue weighted by Crippen LogP contribution is 2.38. The van der Waals surface area contributed by atoms with Crippen LogP contribution in [0.5, 0.6) is 0 Å². The van der Waals surface area contributed by atoms with Gasteiger partial charge in [0.1, 0.15) is 0 Å². The Morgan fingerprint density at radius 3 is 0.882 bits per heavy atom. The molecule has 314 valence electrons. The molecule has 14 aromatic rings. The van der Waals surface area contributed by atoms with E-state index in [1.807, 2.05) is 0 Å². The van der Waals surface area contributed by atoms with Crippen LogP contribution in [0.2, 0.25) is 0 Å². The van der Waals surface area contributed by atoms with Gasteiger partial charge in [0.2, 0.25) is 0 Å². The summed E-state index contributed by atoms with van der Waals surface area (Å²) < 4.78 is 0. The third-order valence-electron chi connectivity index (χ3n) is 13.3. The Kier molecular flexibility index (Phi) is 8.45. The van der Waals surface area contributed by atoms with Crippen molar-refractivity contribution in [2.45, 2.75) is 0 Å². The predicted molar refractivity (Wildman–Crippen MR) is 278 cm³/mol. The van der Waals surface area contributed by atoms with Crippen molar-refractivity contribution >= 4 is 86.7 Å². The Labute approximate surface area is 389 Å². The number of fused-ring (bicyclic) bond motifs is 8. The third-order valence-corrected chi connectivity index (χ3v) is 13.3. The fourth-order valence-corrected chi connectivity index (χ4v) is 9.79. The molecule has 0 aliphatic carbocycles. The molecule has 7 nitrogen and oxygen atoms in total. The Morgan fingerprint density at radius 2 is 0.471 bits per heavy atom. The quantitative estimate of drug-likeness (QED) is 0.159. The van der Waals surface area contributed by atoms with Gasteiger partial charge in [-0.15, -0.1) is 0 Å².